The lowest BCUT2D eigenvalue weighted by atomic mass is 10.0. The molecule has 0 amide bonds. The van der Waals surface area contributed by atoms with E-state index in [9.17, 15) is 4.39 Å². The monoisotopic (exact) mass is 289 g/mol. The van der Waals surface area contributed by atoms with Gasteiger partial charge in [0.1, 0.15) is 17.3 Å². The summed E-state index contributed by atoms with van der Waals surface area (Å²) in [6.45, 7) is 6.88. The zero-order chi connectivity index (χ0) is 15.4. The topological polar surface area (TPSA) is 47.0 Å². The summed E-state index contributed by atoms with van der Waals surface area (Å²) in [6.07, 6.45) is 1.01. The van der Waals surface area contributed by atoms with Crippen molar-refractivity contribution in [3.63, 3.8) is 0 Å². The van der Waals surface area contributed by atoms with Gasteiger partial charge in [-0.2, -0.15) is 0 Å². The Morgan fingerprint density at radius 2 is 1.95 bits per heavy atom. The third-order valence-corrected chi connectivity index (χ3v) is 3.48. The summed E-state index contributed by atoms with van der Waals surface area (Å²) in [5.74, 6) is 1.04. The summed E-state index contributed by atoms with van der Waals surface area (Å²) in [6, 6.07) is 4.40. The number of halogens is 1. The number of anilines is 1. The van der Waals surface area contributed by atoms with Gasteiger partial charge in [0.05, 0.1) is 7.11 Å². The van der Waals surface area contributed by atoms with E-state index in [0.717, 1.165) is 29.9 Å². The SMILES string of the molecule is CCCNc1nnc(-c2cc(F)ccc2OC)c(C)c1C. The Hall–Kier alpha value is -2.17. The Morgan fingerprint density at radius 1 is 1.19 bits per heavy atom. The van der Waals surface area contributed by atoms with Crippen molar-refractivity contribution in [1.82, 2.24) is 10.2 Å². The summed E-state index contributed by atoms with van der Waals surface area (Å²) in [7, 11) is 1.56. The van der Waals surface area contributed by atoms with Gasteiger partial charge >= 0.3 is 0 Å². The minimum Gasteiger partial charge on any atom is -0.496 e. The van der Waals surface area contributed by atoms with Crippen molar-refractivity contribution in [3.8, 4) is 17.0 Å². The summed E-state index contributed by atoms with van der Waals surface area (Å²) in [4.78, 5) is 0. The number of ether oxygens (including phenoxy) is 1. The maximum absolute atomic E-state index is 13.5. The van der Waals surface area contributed by atoms with Gasteiger partial charge in [-0.25, -0.2) is 4.39 Å². The van der Waals surface area contributed by atoms with E-state index in [-0.39, 0.29) is 5.82 Å². The van der Waals surface area contributed by atoms with Crippen molar-refractivity contribution in [2.24, 2.45) is 0 Å². The van der Waals surface area contributed by atoms with Crippen LogP contribution in [0.25, 0.3) is 11.3 Å². The highest BCUT2D eigenvalue weighted by atomic mass is 19.1. The smallest absolute Gasteiger partial charge is 0.151 e. The standard InChI is InChI=1S/C16H20FN3O/c1-5-8-18-16-11(3)10(2)15(19-20-16)13-9-12(17)6-7-14(13)21-4/h6-7,9H,5,8H2,1-4H3,(H,18,20). The molecule has 0 atom stereocenters. The van der Waals surface area contributed by atoms with Crippen LogP contribution in [0.2, 0.25) is 0 Å². The molecule has 0 aliphatic heterocycles. The largest absolute Gasteiger partial charge is 0.496 e. The van der Waals surface area contributed by atoms with Gasteiger partial charge in [-0.05, 0) is 49.6 Å². The van der Waals surface area contributed by atoms with Crippen LogP contribution in [0.15, 0.2) is 18.2 Å². The Labute approximate surface area is 124 Å². The second kappa shape index (κ2) is 6.52. The molecule has 2 aromatic rings. The molecule has 1 aromatic heterocycles. The first-order chi connectivity index (χ1) is 10.1. The molecule has 0 spiro atoms. The number of nitrogens with one attached hydrogen (secondary N) is 1. The molecule has 0 bridgehead atoms. The quantitative estimate of drug-likeness (QED) is 0.911. The third kappa shape index (κ3) is 3.12. The van der Waals surface area contributed by atoms with Gasteiger partial charge in [-0.1, -0.05) is 6.92 Å². The lowest BCUT2D eigenvalue weighted by molar-refractivity contribution is 0.415. The van der Waals surface area contributed by atoms with Gasteiger partial charge in [0.15, 0.2) is 5.82 Å². The van der Waals surface area contributed by atoms with Crippen molar-refractivity contribution >= 4 is 5.82 Å². The van der Waals surface area contributed by atoms with E-state index in [1.54, 1.807) is 13.2 Å². The van der Waals surface area contributed by atoms with Crippen molar-refractivity contribution in [2.45, 2.75) is 27.2 Å². The molecule has 5 heteroatoms. The molecule has 0 unspecified atom stereocenters. The fourth-order valence-corrected chi connectivity index (χ4v) is 2.14. The fourth-order valence-electron chi connectivity index (χ4n) is 2.14. The summed E-state index contributed by atoms with van der Waals surface area (Å²) in [5, 5.41) is 11.7. The number of nitrogens with zero attached hydrogens (tertiary/aromatic N) is 2. The van der Waals surface area contributed by atoms with Gasteiger partial charge < -0.3 is 10.1 Å². The van der Waals surface area contributed by atoms with Crippen LogP contribution < -0.4 is 10.1 Å². The van der Waals surface area contributed by atoms with Crippen molar-refractivity contribution in [1.29, 1.82) is 0 Å². The van der Waals surface area contributed by atoms with E-state index in [1.807, 2.05) is 13.8 Å². The minimum atomic E-state index is -0.321. The maximum atomic E-state index is 13.5. The molecule has 0 saturated carbocycles. The molecule has 0 saturated heterocycles. The normalized spacial score (nSPS) is 10.5. The van der Waals surface area contributed by atoms with Gasteiger partial charge in [-0.15, -0.1) is 10.2 Å². The Bertz CT molecular complexity index is 644. The molecule has 1 heterocycles. The van der Waals surface area contributed by atoms with Crippen LogP contribution in [0.1, 0.15) is 24.5 Å². The average Bonchev–Trinajstić information content (AvgIpc) is 2.49. The number of methoxy groups -OCH3 is 1. The molecular weight excluding hydrogens is 269 g/mol. The van der Waals surface area contributed by atoms with Crippen LogP contribution in [0.4, 0.5) is 10.2 Å². The van der Waals surface area contributed by atoms with Crippen LogP contribution >= 0.6 is 0 Å². The summed E-state index contributed by atoms with van der Waals surface area (Å²) >= 11 is 0. The maximum Gasteiger partial charge on any atom is 0.151 e. The highest BCUT2D eigenvalue weighted by molar-refractivity contribution is 5.72. The number of hydrogen-bond donors (Lipinski definition) is 1. The predicted molar refractivity (Wildman–Crippen MR) is 82.2 cm³/mol. The van der Waals surface area contributed by atoms with Crippen LogP contribution in [-0.4, -0.2) is 23.9 Å². The fraction of sp³-hybridized carbons (Fsp3) is 0.375. The summed E-state index contributed by atoms with van der Waals surface area (Å²) < 4.78 is 18.8. The van der Waals surface area contributed by atoms with Crippen LogP contribution in [0.5, 0.6) is 5.75 Å². The van der Waals surface area contributed by atoms with E-state index in [1.165, 1.54) is 12.1 Å². The molecule has 1 N–H and O–H groups in total. The van der Waals surface area contributed by atoms with Gasteiger partial charge in [-0.3, -0.25) is 0 Å². The Kier molecular flexibility index (Phi) is 4.73. The van der Waals surface area contributed by atoms with Gasteiger partial charge in [0.2, 0.25) is 0 Å². The first-order valence-electron chi connectivity index (χ1n) is 7.00. The number of hydrogen-bond acceptors (Lipinski definition) is 4. The molecular formula is C16H20FN3O. The molecule has 0 radical (unpaired) electrons. The van der Waals surface area contributed by atoms with E-state index in [2.05, 4.69) is 22.4 Å². The van der Waals surface area contributed by atoms with E-state index >= 15 is 0 Å². The zero-order valence-electron chi connectivity index (χ0n) is 12.8. The molecule has 4 nitrogen and oxygen atoms in total. The van der Waals surface area contributed by atoms with Gasteiger partial charge in [0, 0.05) is 12.1 Å². The van der Waals surface area contributed by atoms with Crippen molar-refractivity contribution in [2.75, 3.05) is 19.0 Å². The highest BCUT2D eigenvalue weighted by Crippen LogP contribution is 2.33. The highest BCUT2D eigenvalue weighted by Gasteiger charge is 2.15. The first kappa shape index (κ1) is 15.2. The molecule has 2 rings (SSSR count). The van der Waals surface area contributed by atoms with Crippen molar-refractivity contribution in [3.05, 3.63) is 35.1 Å². The molecule has 112 valence electrons. The zero-order valence-corrected chi connectivity index (χ0v) is 12.8. The molecule has 1 aromatic carbocycles. The van der Waals surface area contributed by atoms with E-state index in [0.29, 0.717) is 17.0 Å². The second-order valence-corrected chi connectivity index (χ2v) is 4.92. The second-order valence-electron chi connectivity index (χ2n) is 4.92. The Balaban J connectivity index is 2.50. The summed E-state index contributed by atoms with van der Waals surface area (Å²) in [5.41, 5.74) is 3.24. The Morgan fingerprint density at radius 3 is 2.62 bits per heavy atom. The number of aromatic nitrogens is 2. The molecule has 21 heavy (non-hydrogen) atoms. The molecule has 0 fully saturated rings. The van der Waals surface area contributed by atoms with Crippen LogP contribution in [0, 0.1) is 19.7 Å². The lowest BCUT2D eigenvalue weighted by Crippen LogP contribution is -2.08. The molecule has 0 aliphatic rings. The van der Waals surface area contributed by atoms with E-state index in [4.69, 9.17) is 4.74 Å². The van der Waals surface area contributed by atoms with E-state index < -0.39 is 0 Å². The third-order valence-electron chi connectivity index (χ3n) is 3.48. The lowest BCUT2D eigenvalue weighted by Gasteiger charge is -2.14. The number of rotatable bonds is 5. The van der Waals surface area contributed by atoms with Crippen LogP contribution in [-0.2, 0) is 0 Å². The van der Waals surface area contributed by atoms with Gasteiger partial charge in [0.25, 0.3) is 0 Å². The van der Waals surface area contributed by atoms with Crippen molar-refractivity contribution < 1.29 is 9.13 Å². The minimum absolute atomic E-state index is 0.321. The first-order valence-corrected chi connectivity index (χ1v) is 7.00. The predicted octanol–water partition coefficient (Wildman–Crippen LogP) is 3.73. The molecule has 0 aliphatic carbocycles. The van der Waals surface area contributed by atoms with Crippen LogP contribution in [0.3, 0.4) is 0 Å². The average molecular weight is 289 g/mol. The number of benzene rings is 1.